The molecule has 3 saturated carbocycles. The van der Waals surface area contributed by atoms with Crippen LogP contribution in [0.1, 0.15) is 65.7 Å². The molecule has 0 aromatic heterocycles. The normalized spacial score (nSPS) is 48.8. The fourth-order valence-corrected chi connectivity index (χ4v) is 7.62. The highest BCUT2D eigenvalue weighted by Gasteiger charge is 2.62. The number of carbonyl (C=O) groups excluding carboxylic acids is 3. The Morgan fingerprint density at radius 1 is 1.20 bits per heavy atom. The van der Waals surface area contributed by atoms with E-state index in [1.807, 2.05) is 6.08 Å². The molecule has 3 fully saturated rings. The molecule has 4 aliphatic carbocycles. The maximum absolute atomic E-state index is 12.3. The lowest BCUT2D eigenvalue weighted by Crippen LogP contribution is -2.55. The third kappa shape index (κ3) is 2.27. The zero-order valence-corrected chi connectivity index (χ0v) is 15.7. The van der Waals surface area contributed by atoms with Crippen molar-refractivity contribution in [2.24, 2.45) is 40.4 Å². The molecule has 0 bridgehead atoms. The first kappa shape index (κ1) is 17.2. The quantitative estimate of drug-likeness (QED) is 0.708. The van der Waals surface area contributed by atoms with Crippen LogP contribution < -0.4 is 0 Å². The van der Waals surface area contributed by atoms with Crippen LogP contribution in [0.5, 0.6) is 0 Å². The number of allylic oxidation sites excluding steroid dienone is 1. The predicted molar refractivity (Wildman–Crippen MR) is 95.8 cm³/mol. The van der Waals surface area contributed by atoms with Crippen LogP contribution in [-0.4, -0.2) is 17.9 Å². The molecule has 0 amide bonds. The van der Waals surface area contributed by atoms with E-state index in [-0.39, 0.29) is 28.4 Å². The van der Waals surface area contributed by atoms with Crippen molar-refractivity contribution in [3.63, 3.8) is 0 Å². The van der Waals surface area contributed by atoms with Gasteiger partial charge in [-0.05, 0) is 80.1 Å². The Kier molecular flexibility index (Phi) is 3.86. The molecule has 0 heterocycles. The van der Waals surface area contributed by atoms with Gasteiger partial charge in [0.05, 0.1) is 0 Å². The van der Waals surface area contributed by atoms with E-state index in [4.69, 9.17) is 0 Å². The SMILES string of the molecule is CC(=O)[C@H]1CC[C@H]2[C@@H]3CCC4=CC(=O)CC[C@]4(C)[C@H]3C(C=O)C[C@]12C. The summed E-state index contributed by atoms with van der Waals surface area (Å²) in [5.74, 6) is 2.13. The predicted octanol–water partition coefficient (Wildman–Crippen LogP) is 4.15. The number of hydrogen-bond acceptors (Lipinski definition) is 3. The monoisotopic (exact) mass is 342 g/mol. The average molecular weight is 342 g/mol. The number of rotatable bonds is 2. The molecule has 0 aromatic rings. The molecule has 25 heavy (non-hydrogen) atoms. The van der Waals surface area contributed by atoms with Crippen molar-refractivity contribution in [1.82, 2.24) is 0 Å². The highest BCUT2D eigenvalue weighted by Crippen LogP contribution is 2.67. The first-order valence-corrected chi connectivity index (χ1v) is 10.0. The van der Waals surface area contributed by atoms with Crippen LogP contribution in [0.15, 0.2) is 11.6 Å². The molecule has 1 unspecified atom stereocenters. The third-order valence-electron chi connectivity index (χ3n) is 8.63. The van der Waals surface area contributed by atoms with Crippen LogP contribution >= 0.6 is 0 Å². The third-order valence-corrected chi connectivity index (χ3v) is 8.63. The van der Waals surface area contributed by atoms with Gasteiger partial charge in [0.1, 0.15) is 12.1 Å². The molecular formula is C22H30O3. The van der Waals surface area contributed by atoms with Crippen molar-refractivity contribution in [2.75, 3.05) is 0 Å². The largest absolute Gasteiger partial charge is 0.303 e. The Morgan fingerprint density at radius 2 is 1.96 bits per heavy atom. The Labute approximate surface area is 150 Å². The Balaban J connectivity index is 1.76. The van der Waals surface area contributed by atoms with Crippen molar-refractivity contribution in [1.29, 1.82) is 0 Å². The minimum atomic E-state index is -0.0133. The molecule has 3 heteroatoms. The van der Waals surface area contributed by atoms with Crippen LogP contribution in [0.4, 0.5) is 0 Å². The van der Waals surface area contributed by atoms with Gasteiger partial charge in [0.2, 0.25) is 0 Å². The molecule has 4 rings (SSSR count). The van der Waals surface area contributed by atoms with E-state index in [1.165, 1.54) is 11.9 Å². The lowest BCUT2D eigenvalue weighted by molar-refractivity contribution is -0.139. The maximum atomic E-state index is 12.3. The summed E-state index contributed by atoms with van der Waals surface area (Å²) in [7, 11) is 0. The van der Waals surface area contributed by atoms with Crippen molar-refractivity contribution in [3.8, 4) is 0 Å². The standard InChI is InChI=1S/C22H30O3/c1-13(24)18-6-7-19-17-5-4-15-10-16(25)8-9-21(15,2)20(17)14(12-23)11-22(18,19)3/h10,12,14,17-20H,4-9,11H2,1-3H3/t14?,17-,18+,19-,20-,21-,22+/m0/s1. The van der Waals surface area contributed by atoms with Gasteiger partial charge < -0.3 is 4.79 Å². The number of hydrogen-bond donors (Lipinski definition) is 0. The van der Waals surface area contributed by atoms with Gasteiger partial charge in [-0.25, -0.2) is 0 Å². The van der Waals surface area contributed by atoms with Gasteiger partial charge in [-0.15, -0.1) is 0 Å². The number of carbonyl (C=O) groups is 3. The van der Waals surface area contributed by atoms with Gasteiger partial charge in [-0.3, -0.25) is 9.59 Å². The fraction of sp³-hybridized carbons (Fsp3) is 0.773. The highest BCUT2D eigenvalue weighted by molar-refractivity contribution is 5.91. The van der Waals surface area contributed by atoms with E-state index in [0.29, 0.717) is 30.0 Å². The van der Waals surface area contributed by atoms with E-state index in [9.17, 15) is 14.4 Å². The Morgan fingerprint density at radius 3 is 2.64 bits per heavy atom. The minimum Gasteiger partial charge on any atom is -0.303 e. The molecule has 0 radical (unpaired) electrons. The summed E-state index contributed by atoms with van der Waals surface area (Å²) in [5, 5.41) is 0. The molecule has 3 nitrogen and oxygen atoms in total. The van der Waals surface area contributed by atoms with Crippen molar-refractivity contribution >= 4 is 17.9 Å². The molecule has 0 N–H and O–H groups in total. The molecular weight excluding hydrogens is 312 g/mol. The molecule has 0 aliphatic heterocycles. The number of fused-ring (bicyclic) bond motifs is 5. The zero-order chi connectivity index (χ0) is 18.0. The maximum Gasteiger partial charge on any atom is 0.155 e. The lowest BCUT2D eigenvalue weighted by atomic mass is 9.44. The van der Waals surface area contributed by atoms with Gasteiger partial charge in [-0.1, -0.05) is 19.4 Å². The van der Waals surface area contributed by atoms with Gasteiger partial charge in [0.25, 0.3) is 0 Å². The van der Waals surface area contributed by atoms with Crippen LogP contribution in [0.2, 0.25) is 0 Å². The Bertz CT molecular complexity index is 662. The molecule has 0 aromatic carbocycles. The lowest BCUT2D eigenvalue weighted by Gasteiger charge is -2.60. The van der Waals surface area contributed by atoms with Crippen LogP contribution in [-0.2, 0) is 14.4 Å². The summed E-state index contributed by atoms with van der Waals surface area (Å²) in [6, 6.07) is 0. The van der Waals surface area contributed by atoms with Crippen LogP contribution in [0.25, 0.3) is 0 Å². The Hall–Kier alpha value is -1.25. The second kappa shape index (κ2) is 5.62. The van der Waals surface area contributed by atoms with E-state index >= 15 is 0 Å². The van der Waals surface area contributed by atoms with Crippen molar-refractivity contribution < 1.29 is 14.4 Å². The minimum absolute atomic E-state index is 0.00194. The number of aldehydes is 1. The molecule has 4 aliphatic rings. The highest BCUT2D eigenvalue weighted by atomic mass is 16.1. The van der Waals surface area contributed by atoms with Crippen LogP contribution in [0, 0.1) is 40.4 Å². The zero-order valence-electron chi connectivity index (χ0n) is 15.7. The first-order chi connectivity index (χ1) is 11.8. The summed E-state index contributed by atoms with van der Waals surface area (Å²) in [4.78, 5) is 36.3. The van der Waals surface area contributed by atoms with Gasteiger partial charge >= 0.3 is 0 Å². The fourth-order valence-electron chi connectivity index (χ4n) is 7.62. The average Bonchev–Trinajstić information content (AvgIpc) is 2.91. The van der Waals surface area contributed by atoms with Gasteiger partial charge in [0.15, 0.2) is 5.78 Å². The molecule has 136 valence electrons. The summed E-state index contributed by atoms with van der Waals surface area (Å²) in [6.07, 6.45) is 9.62. The first-order valence-electron chi connectivity index (χ1n) is 10.0. The second-order valence-corrected chi connectivity index (χ2v) is 9.64. The molecule has 7 atom stereocenters. The number of ketones is 2. The smallest absolute Gasteiger partial charge is 0.155 e. The van der Waals surface area contributed by atoms with E-state index in [0.717, 1.165) is 38.5 Å². The van der Waals surface area contributed by atoms with Crippen molar-refractivity contribution in [3.05, 3.63) is 11.6 Å². The van der Waals surface area contributed by atoms with Crippen molar-refractivity contribution in [2.45, 2.75) is 65.7 Å². The summed E-state index contributed by atoms with van der Waals surface area (Å²) < 4.78 is 0. The van der Waals surface area contributed by atoms with Gasteiger partial charge in [0, 0.05) is 18.3 Å². The number of Topliss-reactive ketones (excluding diaryl/α,β-unsaturated/α-hetero) is 1. The second-order valence-electron chi connectivity index (χ2n) is 9.64. The van der Waals surface area contributed by atoms with E-state index in [2.05, 4.69) is 13.8 Å². The van der Waals surface area contributed by atoms with Crippen LogP contribution in [0.3, 0.4) is 0 Å². The summed E-state index contributed by atoms with van der Waals surface area (Å²) in [5.41, 5.74) is 1.28. The topological polar surface area (TPSA) is 51.2 Å². The summed E-state index contributed by atoms with van der Waals surface area (Å²) >= 11 is 0. The van der Waals surface area contributed by atoms with Gasteiger partial charge in [-0.2, -0.15) is 0 Å². The van der Waals surface area contributed by atoms with E-state index < -0.39 is 0 Å². The molecule has 0 saturated heterocycles. The molecule has 0 spiro atoms. The van der Waals surface area contributed by atoms with E-state index in [1.54, 1.807) is 6.92 Å². The summed E-state index contributed by atoms with van der Waals surface area (Å²) in [6.45, 7) is 6.32.